The summed E-state index contributed by atoms with van der Waals surface area (Å²) in [5.41, 5.74) is 7.29. The lowest BCUT2D eigenvalue weighted by molar-refractivity contribution is -0.116. The fourth-order valence-corrected chi connectivity index (χ4v) is 5.81. The number of carbonyl (C=O) groups is 2. The zero-order chi connectivity index (χ0) is 29.1. The first-order valence-electron chi connectivity index (χ1n) is 13.5. The number of amides is 1. The molecule has 2 aromatic heterocycles. The standard InChI is InChI=1S/C32H33N5O3S/c1-20-9-5-6-10-26(20)34-28(38)16-18-36-30(29(35-32(36)41)27-11-7-8-17-33-27)25-19-21(2)37(22(25)3)24-14-12-23(13-15-24)31(39)40-4/h5-15,17,19,29-30H,16,18H2,1-4H3,(H,34,38)(H,35,41)/t29-,30-/m1/s1. The molecule has 2 aromatic carbocycles. The van der Waals surface area contributed by atoms with Gasteiger partial charge in [-0.15, -0.1) is 0 Å². The van der Waals surface area contributed by atoms with Gasteiger partial charge in [0.05, 0.1) is 30.5 Å². The number of rotatable bonds is 8. The SMILES string of the molecule is COC(=O)c1ccc(-n2c(C)cc([C@@H]3[C@@H](c4ccccn4)NC(=S)N3CCC(=O)Nc3ccccc3C)c2C)cc1. The van der Waals surface area contributed by atoms with Gasteiger partial charge in [0, 0.05) is 41.9 Å². The molecule has 0 radical (unpaired) electrons. The van der Waals surface area contributed by atoms with Crippen molar-refractivity contribution in [3.8, 4) is 5.69 Å². The van der Waals surface area contributed by atoms with Crippen molar-refractivity contribution in [1.82, 2.24) is 19.8 Å². The number of para-hydroxylation sites is 1. The van der Waals surface area contributed by atoms with Crippen molar-refractivity contribution in [3.05, 3.63) is 113 Å². The molecule has 1 saturated heterocycles. The number of esters is 1. The molecule has 2 atom stereocenters. The number of hydrogen-bond donors (Lipinski definition) is 2. The van der Waals surface area contributed by atoms with Gasteiger partial charge in [-0.05, 0) is 92.6 Å². The van der Waals surface area contributed by atoms with Gasteiger partial charge in [0.1, 0.15) is 0 Å². The highest BCUT2D eigenvalue weighted by molar-refractivity contribution is 7.80. The molecular weight excluding hydrogens is 534 g/mol. The Morgan fingerprint density at radius 2 is 1.76 bits per heavy atom. The molecule has 4 aromatic rings. The van der Waals surface area contributed by atoms with Crippen molar-refractivity contribution in [1.29, 1.82) is 0 Å². The molecule has 1 amide bonds. The number of carbonyl (C=O) groups excluding carboxylic acids is 2. The van der Waals surface area contributed by atoms with Crippen LogP contribution in [0.2, 0.25) is 0 Å². The summed E-state index contributed by atoms with van der Waals surface area (Å²) in [6.07, 6.45) is 2.05. The minimum Gasteiger partial charge on any atom is -0.465 e. The van der Waals surface area contributed by atoms with Crippen molar-refractivity contribution < 1.29 is 14.3 Å². The maximum absolute atomic E-state index is 13.0. The van der Waals surface area contributed by atoms with Crippen LogP contribution in [-0.4, -0.2) is 45.1 Å². The number of thiocarbonyl (C=S) groups is 1. The normalized spacial score (nSPS) is 16.4. The van der Waals surface area contributed by atoms with Crippen LogP contribution < -0.4 is 10.6 Å². The van der Waals surface area contributed by atoms with Gasteiger partial charge < -0.3 is 24.8 Å². The number of ether oxygens (including phenoxy) is 1. The van der Waals surface area contributed by atoms with Gasteiger partial charge in [-0.25, -0.2) is 4.79 Å². The van der Waals surface area contributed by atoms with Gasteiger partial charge in [0.15, 0.2) is 5.11 Å². The molecule has 1 fully saturated rings. The summed E-state index contributed by atoms with van der Waals surface area (Å²) in [4.78, 5) is 31.7. The van der Waals surface area contributed by atoms with Crippen molar-refractivity contribution >= 4 is 34.9 Å². The lowest BCUT2D eigenvalue weighted by Gasteiger charge is -2.28. The van der Waals surface area contributed by atoms with Crippen LogP contribution in [0, 0.1) is 20.8 Å². The fourth-order valence-electron chi connectivity index (χ4n) is 5.48. The van der Waals surface area contributed by atoms with E-state index in [1.165, 1.54) is 7.11 Å². The number of nitrogens with one attached hydrogen (secondary N) is 2. The van der Waals surface area contributed by atoms with Crippen LogP contribution in [0.3, 0.4) is 0 Å². The van der Waals surface area contributed by atoms with Crippen LogP contribution in [0.5, 0.6) is 0 Å². The van der Waals surface area contributed by atoms with Crippen LogP contribution in [0.4, 0.5) is 5.69 Å². The van der Waals surface area contributed by atoms with Crippen LogP contribution in [0.1, 0.15) is 57.1 Å². The van der Waals surface area contributed by atoms with E-state index in [9.17, 15) is 9.59 Å². The van der Waals surface area contributed by atoms with E-state index in [1.54, 1.807) is 18.3 Å². The summed E-state index contributed by atoms with van der Waals surface area (Å²) in [5.74, 6) is -0.442. The topological polar surface area (TPSA) is 88.5 Å². The molecule has 1 aliphatic rings. The second kappa shape index (κ2) is 11.9. The maximum atomic E-state index is 13.0. The lowest BCUT2D eigenvalue weighted by Crippen LogP contribution is -2.33. The highest BCUT2D eigenvalue weighted by atomic mass is 32.1. The third-order valence-corrected chi connectivity index (χ3v) is 7.88. The second-order valence-corrected chi connectivity index (χ2v) is 10.5. The van der Waals surface area contributed by atoms with Crippen LogP contribution in [0.15, 0.2) is 79.0 Å². The highest BCUT2D eigenvalue weighted by Gasteiger charge is 2.41. The Balaban J connectivity index is 1.47. The largest absolute Gasteiger partial charge is 0.465 e. The van der Waals surface area contributed by atoms with Gasteiger partial charge in [-0.2, -0.15) is 0 Å². The van der Waals surface area contributed by atoms with E-state index in [4.69, 9.17) is 17.0 Å². The first-order chi connectivity index (χ1) is 19.8. The Bertz CT molecular complexity index is 1580. The molecule has 0 aliphatic carbocycles. The molecule has 5 rings (SSSR count). The molecule has 0 spiro atoms. The van der Waals surface area contributed by atoms with Gasteiger partial charge in [-0.1, -0.05) is 24.3 Å². The van der Waals surface area contributed by atoms with Gasteiger partial charge >= 0.3 is 5.97 Å². The molecule has 8 nitrogen and oxygen atoms in total. The Hall–Kier alpha value is -4.50. The van der Waals surface area contributed by atoms with Gasteiger partial charge in [0.25, 0.3) is 0 Å². The number of pyridine rings is 1. The molecule has 0 bridgehead atoms. The Morgan fingerprint density at radius 1 is 1.02 bits per heavy atom. The summed E-state index contributed by atoms with van der Waals surface area (Å²) in [6, 6.07) is 22.7. The summed E-state index contributed by atoms with van der Waals surface area (Å²) in [6.45, 7) is 6.55. The highest BCUT2D eigenvalue weighted by Crippen LogP contribution is 2.41. The monoisotopic (exact) mass is 567 g/mol. The summed E-state index contributed by atoms with van der Waals surface area (Å²) >= 11 is 5.83. The molecule has 3 heterocycles. The van der Waals surface area contributed by atoms with Crippen molar-refractivity contribution in [2.45, 2.75) is 39.3 Å². The quantitative estimate of drug-likeness (QED) is 0.212. The first kappa shape index (κ1) is 28.0. The molecule has 1 aliphatic heterocycles. The third kappa shape index (κ3) is 5.71. The average molecular weight is 568 g/mol. The van der Waals surface area contributed by atoms with E-state index in [0.717, 1.165) is 39.6 Å². The summed E-state index contributed by atoms with van der Waals surface area (Å²) < 4.78 is 7.01. The number of benzene rings is 2. The van der Waals surface area contributed by atoms with Crippen molar-refractivity contribution in [2.75, 3.05) is 19.0 Å². The smallest absolute Gasteiger partial charge is 0.337 e. The number of nitrogens with zero attached hydrogens (tertiary/aromatic N) is 3. The van der Waals surface area contributed by atoms with E-state index >= 15 is 0 Å². The third-order valence-electron chi connectivity index (χ3n) is 7.53. The summed E-state index contributed by atoms with van der Waals surface area (Å²) in [7, 11) is 1.37. The fraction of sp³-hybridized carbons (Fsp3) is 0.250. The Morgan fingerprint density at radius 3 is 2.44 bits per heavy atom. The molecule has 0 saturated carbocycles. The predicted molar refractivity (Wildman–Crippen MR) is 163 cm³/mol. The van der Waals surface area contributed by atoms with E-state index in [-0.39, 0.29) is 30.4 Å². The Labute approximate surface area is 245 Å². The molecule has 210 valence electrons. The van der Waals surface area contributed by atoms with Crippen LogP contribution in [0.25, 0.3) is 5.69 Å². The zero-order valence-electron chi connectivity index (χ0n) is 23.5. The van der Waals surface area contributed by atoms with Crippen LogP contribution in [-0.2, 0) is 9.53 Å². The minimum atomic E-state index is -0.371. The number of methoxy groups -OCH3 is 1. The zero-order valence-corrected chi connectivity index (χ0v) is 24.4. The van der Waals surface area contributed by atoms with E-state index < -0.39 is 0 Å². The van der Waals surface area contributed by atoms with Crippen molar-refractivity contribution in [3.63, 3.8) is 0 Å². The molecule has 0 unspecified atom stereocenters. The van der Waals surface area contributed by atoms with Crippen molar-refractivity contribution in [2.24, 2.45) is 0 Å². The lowest BCUT2D eigenvalue weighted by atomic mass is 9.96. The van der Waals surface area contributed by atoms with Crippen LogP contribution >= 0.6 is 12.2 Å². The number of aryl methyl sites for hydroxylation is 2. The van der Waals surface area contributed by atoms with E-state index in [1.807, 2.05) is 61.5 Å². The molecule has 9 heteroatoms. The average Bonchev–Trinajstić information content (AvgIpc) is 3.47. The van der Waals surface area contributed by atoms with Gasteiger partial charge in [-0.3, -0.25) is 9.78 Å². The molecule has 41 heavy (non-hydrogen) atoms. The number of hydrogen-bond acceptors (Lipinski definition) is 5. The molecular formula is C32H33N5O3S. The second-order valence-electron chi connectivity index (χ2n) is 10.1. The number of aromatic nitrogens is 2. The number of anilines is 1. The first-order valence-corrected chi connectivity index (χ1v) is 13.9. The predicted octanol–water partition coefficient (Wildman–Crippen LogP) is 5.59. The Kier molecular flexibility index (Phi) is 8.16. The summed E-state index contributed by atoms with van der Waals surface area (Å²) in [5, 5.41) is 7.09. The molecule has 2 N–H and O–H groups in total. The van der Waals surface area contributed by atoms with E-state index in [2.05, 4.69) is 45.0 Å². The van der Waals surface area contributed by atoms with E-state index in [0.29, 0.717) is 17.2 Å². The maximum Gasteiger partial charge on any atom is 0.337 e. The van der Waals surface area contributed by atoms with Gasteiger partial charge in [0.2, 0.25) is 5.91 Å². The minimum absolute atomic E-state index is 0.0710.